The zero-order valence-electron chi connectivity index (χ0n) is 10.3. The average Bonchev–Trinajstić information content (AvgIpc) is 2.82. The third-order valence-corrected chi connectivity index (χ3v) is 4.05. The van der Waals surface area contributed by atoms with Gasteiger partial charge in [0.2, 0.25) is 5.91 Å². The normalized spacial score (nSPS) is 20.5. The Morgan fingerprint density at radius 2 is 2.53 bits per heavy atom. The van der Waals surface area contributed by atoms with Gasteiger partial charge in [0.15, 0.2) is 0 Å². The minimum atomic E-state index is 0.315. The number of hydrogen-bond donors (Lipinski definition) is 1. The molecule has 1 fully saturated rings. The summed E-state index contributed by atoms with van der Waals surface area (Å²) in [4.78, 5) is 15.4. The number of carbonyl (C=O) groups excluding carboxylic acids is 1. The van der Waals surface area contributed by atoms with Gasteiger partial charge in [0.1, 0.15) is 0 Å². The molecule has 0 spiro atoms. The molecule has 1 atom stereocenters. The van der Waals surface area contributed by atoms with Gasteiger partial charge in [-0.1, -0.05) is 6.07 Å². The molecule has 0 bridgehead atoms. The predicted octanol–water partition coefficient (Wildman–Crippen LogP) is 1.89. The van der Waals surface area contributed by atoms with E-state index in [4.69, 9.17) is 0 Å². The van der Waals surface area contributed by atoms with Crippen molar-refractivity contribution in [2.75, 3.05) is 19.6 Å². The highest BCUT2D eigenvalue weighted by molar-refractivity contribution is 7.09. The summed E-state index contributed by atoms with van der Waals surface area (Å²) in [5.41, 5.74) is 0. The summed E-state index contributed by atoms with van der Waals surface area (Å²) < 4.78 is 0. The van der Waals surface area contributed by atoms with Crippen LogP contribution in [0.4, 0.5) is 0 Å². The van der Waals surface area contributed by atoms with Crippen molar-refractivity contribution < 1.29 is 4.79 Å². The lowest BCUT2D eigenvalue weighted by atomic mass is 10.1. The lowest BCUT2D eigenvalue weighted by molar-refractivity contribution is -0.132. The number of hydrogen-bond acceptors (Lipinski definition) is 3. The summed E-state index contributed by atoms with van der Waals surface area (Å²) in [5, 5.41) is 5.45. The van der Waals surface area contributed by atoms with Gasteiger partial charge < -0.3 is 10.2 Å². The predicted molar refractivity (Wildman–Crippen MR) is 71.3 cm³/mol. The summed E-state index contributed by atoms with van der Waals surface area (Å²) in [6.45, 7) is 4.78. The van der Waals surface area contributed by atoms with Crippen LogP contribution in [-0.4, -0.2) is 36.5 Å². The molecule has 2 rings (SSSR count). The average molecular weight is 252 g/mol. The minimum Gasteiger partial charge on any atom is -0.340 e. The van der Waals surface area contributed by atoms with Gasteiger partial charge in [-0.15, -0.1) is 11.3 Å². The van der Waals surface area contributed by atoms with E-state index in [0.717, 1.165) is 32.5 Å². The van der Waals surface area contributed by atoms with Crippen molar-refractivity contribution >= 4 is 17.2 Å². The molecule has 94 valence electrons. The fraction of sp³-hybridized carbons (Fsp3) is 0.615. The monoisotopic (exact) mass is 252 g/mol. The number of amides is 1. The lowest BCUT2D eigenvalue weighted by Crippen LogP contribution is -2.51. The van der Waals surface area contributed by atoms with Gasteiger partial charge in [-0.2, -0.15) is 0 Å². The van der Waals surface area contributed by atoms with Gasteiger partial charge in [-0.3, -0.25) is 4.79 Å². The molecule has 4 heteroatoms. The van der Waals surface area contributed by atoms with Crippen molar-refractivity contribution in [2.45, 2.75) is 32.2 Å². The van der Waals surface area contributed by atoms with Gasteiger partial charge in [-0.05, 0) is 31.2 Å². The van der Waals surface area contributed by atoms with Crippen molar-refractivity contribution in [1.29, 1.82) is 0 Å². The van der Waals surface area contributed by atoms with Crippen molar-refractivity contribution in [1.82, 2.24) is 10.2 Å². The molecule has 0 radical (unpaired) electrons. The highest BCUT2D eigenvalue weighted by Crippen LogP contribution is 2.13. The Morgan fingerprint density at radius 3 is 3.24 bits per heavy atom. The molecule has 17 heavy (non-hydrogen) atoms. The number of aryl methyl sites for hydroxylation is 1. The van der Waals surface area contributed by atoms with Crippen LogP contribution < -0.4 is 5.32 Å². The van der Waals surface area contributed by atoms with E-state index in [-0.39, 0.29) is 0 Å². The van der Waals surface area contributed by atoms with E-state index >= 15 is 0 Å². The van der Waals surface area contributed by atoms with Crippen LogP contribution in [0.3, 0.4) is 0 Å². The minimum absolute atomic E-state index is 0.315. The third kappa shape index (κ3) is 3.82. The summed E-state index contributed by atoms with van der Waals surface area (Å²) in [6.07, 6.45) is 2.69. The van der Waals surface area contributed by atoms with Crippen LogP contribution >= 0.6 is 11.3 Å². The third-order valence-electron chi connectivity index (χ3n) is 3.12. The van der Waals surface area contributed by atoms with Crippen molar-refractivity contribution in [3.8, 4) is 0 Å². The fourth-order valence-electron chi connectivity index (χ4n) is 2.19. The van der Waals surface area contributed by atoms with Gasteiger partial charge in [0, 0.05) is 37.0 Å². The number of carbonyl (C=O) groups is 1. The Kier molecular flexibility index (Phi) is 4.57. The number of rotatable bonds is 4. The SMILES string of the molecule is CC1CN(C(=O)CCCc2cccs2)CCN1. The highest BCUT2D eigenvalue weighted by Gasteiger charge is 2.19. The Labute approximate surface area is 107 Å². The second-order valence-corrected chi connectivity index (χ2v) is 5.66. The number of nitrogens with one attached hydrogen (secondary N) is 1. The first-order valence-electron chi connectivity index (χ1n) is 6.29. The molecule has 3 nitrogen and oxygen atoms in total. The molecule has 1 aromatic heterocycles. The summed E-state index contributed by atoms with van der Waals surface area (Å²) >= 11 is 1.78. The first-order valence-corrected chi connectivity index (χ1v) is 7.17. The molecule has 1 saturated heterocycles. The Balaban J connectivity index is 1.70. The van der Waals surface area contributed by atoms with Gasteiger partial charge in [0.05, 0.1) is 0 Å². The smallest absolute Gasteiger partial charge is 0.222 e. The second-order valence-electron chi connectivity index (χ2n) is 4.63. The van der Waals surface area contributed by atoms with Crippen LogP contribution in [0, 0.1) is 0 Å². The Hall–Kier alpha value is -0.870. The van der Waals surface area contributed by atoms with Crippen molar-refractivity contribution in [2.24, 2.45) is 0 Å². The number of piperazine rings is 1. The van der Waals surface area contributed by atoms with E-state index < -0.39 is 0 Å². The maximum Gasteiger partial charge on any atom is 0.222 e. The second kappa shape index (κ2) is 6.17. The van der Waals surface area contributed by atoms with Gasteiger partial charge >= 0.3 is 0 Å². The maximum absolute atomic E-state index is 12.0. The zero-order valence-corrected chi connectivity index (χ0v) is 11.1. The molecule has 1 aliphatic heterocycles. The molecular formula is C13H20N2OS. The molecule has 1 aliphatic rings. The standard InChI is InChI=1S/C13H20N2OS/c1-11-10-15(8-7-14-11)13(16)6-2-4-12-5-3-9-17-12/h3,5,9,11,14H,2,4,6-8,10H2,1H3. The van der Waals surface area contributed by atoms with Gasteiger partial charge in [-0.25, -0.2) is 0 Å². The molecule has 1 amide bonds. The van der Waals surface area contributed by atoms with E-state index in [9.17, 15) is 4.79 Å². The number of nitrogens with zero attached hydrogens (tertiary/aromatic N) is 1. The van der Waals surface area contributed by atoms with Crippen LogP contribution in [0.25, 0.3) is 0 Å². The zero-order chi connectivity index (χ0) is 12.1. The fourth-order valence-corrected chi connectivity index (χ4v) is 2.94. The van der Waals surface area contributed by atoms with Crippen LogP contribution in [0.1, 0.15) is 24.6 Å². The summed E-state index contributed by atoms with van der Waals surface area (Å²) in [7, 11) is 0. The van der Waals surface area contributed by atoms with Crippen LogP contribution in [0.2, 0.25) is 0 Å². The summed E-state index contributed by atoms with van der Waals surface area (Å²) in [6, 6.07) is 4.65. The van der Waals surface area contributed by atoms with Crippen LogP contribution in [0.15, 0.2) is 17.5 Å². The number of thiophene rings is 1. The molecule has 0 aliphatic carbocycles. The van der Waals surface area contributed by atoms with E-state index in [2.05, 4.69) is 29.8 Å². The maximum atomic E-state index is 12.0. The van der Waals surface area contributed by atoms with Gasteiger partial charge in [0.25, 0.3) is 0 Å². The molecule has 1 unspecified atom stereocenters. The molecule has 0 saturated carbocycles. The van der Waals surface area contributed by atoms with E-state index in [1.54, 1.807) is 11.3 Å². The van der Waals surface area contributed by atoms with Crippen LogP contribution in [-0.2, 0) is 11.2 Å². The molecular weight excluding hydrogens is 232 g/mol. The lowest BCUT2D eigenvalue weighted by Gasteiger charge is -2.32. The largest absolute Gasteiger partial charge is 0.340 e. The van der Waals surface area contributed by atoms with Crippen molar-refractivity contribution in [3.05, 3.63) is 22.4 Å². The van der Waals surface area contributed by atoms with Crippen molar-refractivity contribution in [3.63, 3.8) is 0 Å². The molecule has 2 heterocycles. The first kappa shape index (κ1) is 12.6. The Bertz CT molecular complexity index is 350. The van der Waals surface area contributed by atoms with Crippen LogP contribution in [0.5, 0.6) is 0 Å². The topological polar surface area (TPSA) is 32.3 Å². The first-order chi connectivity index (χ1) is 8.25. The molecule has 1 N–H and O–H groups in total. The highest BCUT2D eigenvalue weighted by atomic mass is 32.1. The quantitative estimate of drug-likeness (QED) is 0.887. The Morgan fingerprint density at radius 1 is 1.65 bits per heavy atom. The molecule has 1 aromatic rings. The summed E-state index contributed by atoms with van der Waals surface area (Å²) in [5.74, 6) is 0.315. The van der Waals surface area contributed by atoms with E-state index in [1.807, 2.05) is 4.90 Å². The van der Waals surface area contributed by atoms with E-state index in [1.165, 1.54) is 4.88 Å². The van der Waals surface area contributed by atoms with E-state index in [0.29, 0.717) is 18.4 Å². The molecule has 0 aromatic carbocycles.